The number of aryl methyl sites for hydroxylation is 2. The molecule has 0 unspecified atom stereocenters. The second kappa shape index (κ2) is 15.1. The van der Waals surface area contributed by atoms with Gasteiger partial charge in [0.15, 0.2) is 0 Å². The average Bonchev–Trinajstić information content (AvgIpc) is 3.33. The van der Waals surface area contributed by atoms with Crippen LogP contribution in [0.25, 0.3) is 12.2 Å². The number of thioether (sulfide) groups is 2. The number of rotatable bonds is 8. The van der Waals surface area contributed by atoms with Crippen LogP contribution >= 0.6 is 71.2 Å². The number of thiocarbonyl (C=S) groups is 2. The van der Waals surface area contributed by atoms with Crippen molar-refractivity contribution in [1.29, 1.82) is 0 Å². The molecule has 14 heteroatoms. The maximum Gasteiger partial charge on any atom is 0.305 e. The fourth-order valence-corrected chi connectivity index (χ4v) is 6.68. The lowest BCUT2D eigenvalue weighted by Crippen LogP contribution is -2.30. The van der Waals surface area contributed by atoms with Crippen molar-refractivity contribution < 1.29 is 29.4 Å². The third kappa shape index (κ3) is 8.88. The molecule has 2 aliphatic heterocycles. The third-order valence-corrected chi connectivity index (χ3v) is 9.40. The number of nitrogens with zero attached hydrogens (tertiary/aromatic N) is 2. The number of carboxylic acids is 2. The number of carbonyl (C=O) groups excluding carboxylic acids is 2. The van der Waals surface area contributed by atoms with Crippen LogP contribution in [0.1, 0.15) is 35.1 Å². The molecule has 42 heavy (non-hydrogen) atoms. The van der Waals surface area contributed by atoms with E-state index in [1.54, 1.807) is 12.2 Å². The van der Waals surface area contributed by atoms with Crippen molar-refractivity contribution in [3.63, 3.8) is 0 Å². The van der Waals surface area contributed by atoms with Gasteiger partial charge in [-0.2, -0.15) is 0 Å². The van der Waals surface area contributed by atoms with E-state index in [4.69, 9.17) is 57.9 Å². The van der Waals surface area contributed by atoms with E-state index in [1.165, 1.54) is 9.80 Å². The summed E-state index contributed by atoms with van der Waals surface area (Å²) < 4.78 is 0.743. The Labute approximate surface area is 271 Å². The second-order valence-electron chi connectivity index (χ2n) is 8.96. The summed E-state index contributed by atoms with van der Waals surface area (Å²) >= 11 is 24.9. The average molecular weight is 684 g/mol. The van der Waals surface area contributed by atoms with Crippen LogP contribution in [0, 0.1) is 13.8 Å². The zero-order valence-electron chi connectivity index (χ0n) is 22.3. The number of carbonyl (C=O) groups is 4. The number of halogens is 2. The van der Waals surface area contributed by atoms with Gasteiger partial charge in [-0.15, -0.1) is 0 Å². The number of amides is 2. The highest BCUT2D eigenvalue weighted by molar-refractivity contribution is 8.27. The summed E-state index contributed by atoms with van der Waals surface area (Å²) in [6.45, 7) is 3.98. The molecule has 4 rings (SSSR count). The first-order valence-corrected chi connectivity index (χ1v) is 15.4. The Kier molecular flexibility index (Phi) is 12.2. The minimum atomic E-state index is -0.963. The molecule has 2 aliphatic rings. The van der Waals surface area contributed by atoms with Gasteiger partial charge in [-0.25, -0.2) is 0 Å². The van der Waals surface area contributed by atoms with Crippen LogP contribution in [0.15, 0.2) is 46.2 Å². The SMILES string of the molecule is Cc1ccc(/C=C2\SC(=S)N(CCC(=O)O)C2=O)c(Cl)c1.Cc1cccc(/C=C2\SC(=S)N(CCC(=O)O)C2=O)c1Cl. The van der Waals surface area contributed by atoms with Crippen LogP contribution < -0.4 is 0 Å². The Balaban J connectivity index is 0.000000230. The fourth-order valence-electron chi connectivity index (χ4n) is 3.61. The predicted octanol–water partition coefficient (Wildman–Crippen LogP) is 6.65. The van der Waals surface area contributed by atoms with E-state index in [9.17, 15) is 19.2 Å². The minimum absolute atomic E-state index is 0.0822. The summed E-state index contributed by atoms with van der Waals surface area (Å²) in [5.41, 5.74) is 3.44. The van der Waals surface area contributed by atoms with Crippen molar-refractivity contribution in [2.45, 2.75) is 26.7 Å². The van der Waals surface area contributed by atoms with Gasteiger partial charge in [0, 0.05) is 18.1 Å². The Bertz CT molecular complexity index is 1540. The van der Waals surface area contributed by atoms with Crippen molar-refractivity contribution in [3.8, 4) is 0 Å². The molecule has 0 radical (unpaired) electrons. The van der Waals surface area contributed by atoms with Gasteiger partial charge >= 0.3 is 11.9 Å². The number of benzene rings is 2. The molecule has 0 saturated carbocycles. The van der Waals surface area contributed by atoms with E-state index >= 15 is 0 Å². The van der Waals surface area contributed by atoms with Gasteiger partial charge in [0.2, 0.25) is 0 Å². The molecule has 2 N–H and O–H groups in total. The summed E-state index contributed by atoms with van der Waals surface area (Å²) in [4.78, 5) is 49.2. The number of carboxylic acid groups (broad SMARTS) is 2. The van der Waals surface area contributed by atoms with Crippen LogP contribution in [-0.2, 0) is 19.2 Å². The predicted molar refractivity (Wildman–Crippen MR) is 177 cm³/mol. The normalized spacial score (nSPS) is 16.9. The lowest BCUT2D eigenvalue weighted by molar-refractivity contribution is -0.138. The molecule has 2 saturated heterocycles. The van der Waals surface area contributed by atoms with Crippen molar-refractivity contribution in [2.24, 2.45) is 0 Å². The van der Waals surface area contributed by atoms with Crippen molar-refractivity contribution in [2.75, 3.05) is 13.1 Å². The van der Waals surface area contributed by atoms with Gasteiger partial charge in [0.1, 0.15) is 8.64 Å². The smallest absolute Gasteiger partial charge is 0.305 e. The highest BCUT2D eigenvalue weighted by Crippen LogP contribution is 2.35. The summed E-state index contributed by atoms with van der Waals surface area (Å²) in [5.74, 6) is -2.48. The van der Waals surface area contributed by atoms with E-state index in [-0.39, 0.29) is 37.7 Å². The highest BCUT2D eigenvalue weighted by Gasteiger charge is 2.33. The molecule has 2 amide bonds. The first-order valence-electron chi connectivity index (χ1n) is 12.2. The molecule has 0 bridgehead atoms. The molecule has 2 aromatic rings. The Morgan fingerprint density at radius 1 is 0.833 bits per heavy atom. The highest BCUT2D eigenvalue weighted by atomic mass is 35.5. The largest absolute Gasteiger partial charge is 0.481 e. The second-order valence-corrected chi connectivity index (χ2v) is 13.1. The Morgan fingerprint density at radius 2 is 1.33 bits per heavy atom. The number of hydrogen-bond donors (Lipinski definition) is 2. The zero-order chi connectivity index (χ0) is 31.1. The monoisotopic (exact) mass is 682 g/mol. The molecular formula is C28H24Cl2N2O6S4. The van der Waals surface area contributed by atoms with E-state index in [0.717, 1.165) is 45.8 Å². The third-order valence-electron chi connectivity index (χ3n) is 5.80. The van der Waals surface area contributed by atoms with Crippen LogP contribution in [0.3, 0.4) is 0 Å². The molecule has 2 heterocycles. The summed E-state index contributed by atoms with van der Waals surface area (Å²) in [5, 5.41) is 18.5. The van der Waals surface area contributed by atoms with E-state index < -0.39 is 11.9 Å². The molecule has 220 valence electrons. The lowest BCUT2D eigenvalue weighted by atomic mass is 10.1. The van der Waals surface area contributed by atoms with E-state index in [1.807, 2.05) is 50.2 Å². The molecule has 2 aromatic carbocycles. The minimum Gasteiger partial charge on any atom is -0.481 e. The van der Waals surface area contributed by atoms with Crippen molar-refractivity contribution in [3.05, 3.63) is 78.5 Å². The molecule has 0 atom stereocenters. The number of aliphatic carboxylic acids is 2. The maximum atomic E-state index is 12.2. The molecule has 0 spiro atoms. The van der Waals surface area contributed by atoms with Crippen LogP contribution in [0.5, 0.6) is 0 Å². The maximum absolute atomic E-state index is 12.2. The van der Waals surface area contributed by atoms with Gasteiger partial charge in [0.05, 0.1) is 27.7 Å². The lowest BCUT2D eigenvalue weighted by Gasteiger charge is -2.12. The molecule has 2 fully saturated rings. The quantitative estimate of drug-likeness (QED) is 0.232. The van der Waals surface area contributed by atoms with E-state index in [2.05, 4.69) is 0 Å². The van der Waals surface area contributed by atoms with Crippen molar-refractivity contribution >= 4 is 116 Å². The molecular weight excluding hydrogens is 659 g/mol. The zero-order valence-corrected chi connectivity index (χ0v) is 27.0. The van der Waals surface area contributed by atoms with Gasteiger partial charge in [0.25, 0.3) is 11.8 Å². The fraction of sp³-hybridized carbons (Fsp3) is 0.214. The van der Waals surface area contributed by atoms with Gasteiger partial charge in [-0.1, -0.05) is 101 Å². The first kappa shape index (κ1) is 33.8. The van der Waals surface area contributed by atoms with Gasteiger partial charge in [-0.3, -0.25) is 29.0 Å². The molecule has 8 nitrogen and oxygen atoms in total. The standard InChI is InChI=1S/2C14H12ClNO3S2/c1-8-2-3-9(10(15)6-8)7-11-13(19)16(14(20)21-11)5-4-12(17)18;1-8-3-2-4-9(12(8)15)7-10-13(19)16(14(20)21-10)6-5-11(17)18/h2-3,6-7H,4-5H2,1H3,(H,17,18);2-4,7H,5-6H2,1H3,(H,17,18)/b11-7-;10-7-. The topological polar surface area (TPSA) is 115 Å². The van der Waals surface area contributed by atoms with Crippen LogP contribution in [-0.4, -0.2) is 65.5 Å². The Morgan fingerprint density at radius 3 is 1.81 bits per heavy atom. The number of hydrogen-bond acceptors (Lipinski definition) is 8. The van der Waals surface area contributed by atoms with Crippen LogP contribution in [0.2, 0.25) is 10.0 Å². The van der Waals surface area contributed by atoms with Crippen molar-refractivity contribution in [1.82, 2.24) is 9.80 Å². The van der Waals surface area contributed by atoms with Crippen LogP contribution in [0.4, 0.5) is 0 Å². The van der Waals surface area contributed by atoms with Gasteiger partial charge < -0.3 is 10.2 Å². The van der Waals surface area contributed by atoms with E-state index in [0.29, 0.717) is 28.5 Å². The molecule has 0 aliphatic carbocycles. The summed E-state index contributed by atoms with van der Waals surface area (Å²) in [6, 6.07) is 11.1. The van der Waals surface area contributed by atoms with Gasteiger partial charge in [-0.05, 0) is 54.3 Å². The first-order chi connectivity index (χ1) is 19.8. The summed E-state index contributed by atoms with van der Waals surface area (Å²) in [6.07, 6.45) is 3.10. The Hall–Kier alpha value is -2.74. The summed E-state index contributed by atoms with van der Waals surface area (Å²) in [7, 11) is 0. The molecule has 0 aromatic heterocycles.